The summed E-state index contributed by atoms with van der Waals surface area (Å²) in [6, 6.07) is 15.5. The van der Waals surface area contributed by atoms with Gasteiger partial charge in [0.15, 0.2) is 5.58 Å². The minimum absolute atomic E-state index is 0.102. The van der Waals surface area contributed by atoms with Crippen molar-refractivity contribution >= 4 is 64.7 Å². The van der Waals surface area contributed by atoms with Crippen LogP contribution in [0.15, 0.2) is 83.6 Å². The van der Waals surface area contributed by atoms with E-state index in [-0.39, 0.29) is 43.2 Å². The average Bonchev–Trinajstić information content (AvgIpc) is 3.59. The molecule has 0 aliphatic heterocycles. The Morgan fingerprint density at radius 1 is 0.909 bits per heavy atom. The molecular formula is C40H48N8O7. The summed E-state index contributed by atoms with van der Waals surface area (Å²) >= 11 is 0. The van der Waals surface area contributed by atoms with E-state index in [1.807, 2.05) is 31.2 Å². The number of nitrogens with two attached hydrogens (primary N) is 1. The van der Waals surface area contributed by atoms with Crippen molar-refractivity contribution in [3.63, 3.8) is 0 Å². The lowest BCUT2D eigenvalue weighted by Gasteiger charge is -2.30. The summed E-state index contributed by atoms with van der Waals surface area (Å²) in [7, 11) is 0. The number of primary amides is 1. The summed E-state index contributed by atoms with van der Waals surface area (Å²) in [4.78, 5) is 84.9. The van der Waals surface area contributed by atoms with Gasteiger partial charge in [-0.25, -0.2) is 0 Å². The molecule has 15 heteroatoms. The highest BCUT2D eigenvalue weighted by Gasteiger charge is 2.35. The highest BCUT2D eigenvalue weighted by molar-refractivity contribution is 5.99. The van der Waals surface area contributed by atoms with Crippen LogP contribution in [0.2, 0.25) is 0 Å². The number of pyridine rings is 1. The van der Waals surface area contributed by atoms with Crippen LogP contribution in [0.4, 0.5) is 11.7 Å². The Bertz CT molecular complexity index is 1910. The minimum Gasteiger partial charge on any atom is -0.423 e. The topological polar surface area (TPSA) is 228 Å². The number of unbranched alkanes of at least 4 members (excludes halogenated alkanes) is 2. The van der Waals surface area contributed by atoms with Gasteiger partial charge in [0.25, 0.3) is 11.9 Å². The molecule has 2 aromatic heterocycles. The van der Waals surface area contributed by atoms with Crippen molar-refractivity contribution in [3.8, 4) is 0 Å². The summed E-state index contributed by atoms with van der Waals surface area (Å²) in [6.45, 7) is 3.68. The molecule has 15 nitrogen and oxygen atoms in total. The molecule has 5 amide bonds. The fourth-order valence-corrected chi connectivity index (χ4v) is 5.71. The third kappa shape index (κ3) is 12.9. The molecule has 2 heterocycles. The maximum atomic E-state index is 13.8. The Morgan fingerprint density at radius 2 is 1.65 bits per heavy atom. The number of nitrogens with zero attached hydrogens (tertiary/aromatic N) is 2. The average molecular weight is 753 g/mol. The smallest absolute Gasteiger partial charge is 0.300 e. The van der Waals surface area contributed by atoms with Gasteiger partial charge >= 0.3 is 0 Å². The van der Waals surface area contributed by atoms with E-state index in [4.69, 9.17) is 10.2 Å². The molecule has 0 radical (unpaired) electrons. The lowest BCUT2D eigenvalue weighted by atomic mass is 9.94. The highest BCUT2D eigenvalue weighted by Crippen LogP contribution is 2.22. The van der Waals surface area contributed by atoms with Gasteiger partial charge in [0.1, 0.15) is 29.4 Å². The number of carbonyl (C=O) groups excluding carboxylic acids is 6. The molecular weight excluding hydrogens is 704 g/mol. The second kappa shape index (κ2) is 20.8. The molecule has 3 atom stereocenters. The quantitative estimate of drug-likeness (QED) is 0.0383. The van der Waals surface area contributed by atoms with E-state index in [0.717, 1.165) is 5.56 Å². The zero-order valence-electron chi connectivity index (χ0n) is 31.0. The number of hydrogen-bond donors (Lipinski definition) is 6. The summed E-state index contributed by atoms with van der Waals surface area (Å²) < 4.78 is 5.71. The first kappa shape index (κ1) is 41.4. The number of aldehydes is 1. The van der Waals surface area contributed by atoms with Crippen molar-refractivity contribution < 1.29 is 33.2 Å². The normalized spacial score (nSPS) is 13.3. The van der Waals surface area contributed by atoms with Gasteiger partial charge in [-0.2, -0.15) is 4.98 Å². The second-order valence-corrected chi connectivity index (χ2v) is 13.2. The van der Waals surface area contributed by atoms with Gasteiger partial charge < -0.3 is 41.5 Å². The van der Waals surface area contributed by atoms with Crippen LogP contribution < -0.4 is 32.3 Å². The number of anilines is 2. The second-order valence-electron chi connectivity index (χ2n) is 13.2. The molecule has 2 aromatic carbocycles. The molecule has 4 rings (SSSR count). The molecule has 0 spiro atoms. The Morgan fingerprint density at radius 3 is 2.35 bits per heavy atom. The van der Waals surface area contributed by atoms with Gasteiger partial charge in [-0.15, -0.1) is 0 Å². The van der Waals surface area contributed by atoms with Crippen molar-refractivity contribution in [3.05, 3.63) is 90.3 Å². The van der Waals surface area contributed by atoms with Crippen LogP contribution in [0.3, 0.4) is 0 Å². The fraction of sp³-hybridized carbons (Fsp3) is 0.350. The van der Waals surface area contributed by atoms with E-state index in [1.54, 1.807) is 54.9 Å². The molecule has 1 unspecified atom stereocenters. The number of nitrogens with one attached hydrogen (secondary N) is 5. The molecule has 0 saturated heterocycles. The number of benzene rings is 2. The minimum atomic E-state index is -1.35. The van der Waals surface area contributed by atoms with E-state index in [2.05, 4.69) is 36.6 Å². The first-order valence-electron chi connectivity index (χ1n) is 18.3. The summed E-state index contributed by atoms with van der Waals surface area (Å²) in [5, 5.41) is 14.1. The monoisotopic (exact) mass is 752 g/mol. The summed E-state index contributed by atoms with van der Waals surface area (Å²) in [6.07, 6.45) is 9.51. The van der Waals surface area contributed by atoms with Crippen LogP contribution >= 0.6 is 0 Å². The zero-order chi connectivity index (χ0) is 39.6. The summed E-state index contributed by atoms with van der Waals surface area (Å²) in [5.41, 5.74) is 7.23. The van der Waals surface area contributed by atoms with Gasteiger partial charge in [0.2, 0.25) is 23.6 Å². The predicted molar refractivity (Wildman–Crippen MR) is 208 cm³/mol. The van der Waals surface area contributed by atoms with Crippen molar-refractivity contribution in [2.75, 3.05) is 11.9 Å². The van der Waals surface area contributed by atoms with Crippen molar-refractivity contribution in [2.45, 2.75) is 82.8 Å². The number of carbonyl (C=O) groups is 6. The number of aromatic nitrogens is 2. The number of hydrogen-bond acceptors (Lipinski definition) is 10. The van der Waals surface area contributed by atoms with Crippen LogP contribution in [0, 0.1) is 0 Å². The van der Waals surface area contributed by atoms with Crippen LogP contribution in [0.1, 0.15) is 81.1 Å². The number of para-hydroxylation sites is 2. The standard InChI is InChI=1S/C40H48N8O7/c1-3-22-40(2,38(41)54)48-37(53)32(14-7-9-25-49)46-36(52)31(13-6-8-24-43-34(50)21-16-27-11-10-23-42-26-27)45-35(51)28-17-19-29(20-18-28)44-39-47-30-12-4-5-15-33(30)55-39/h4-5,10-12,15-21,23,25-26,31-32H,3,6-9,13-14,22,24H2,1-2H3,(H2,41,54)(H,43,50)(H,44,47)(H,45,51)(H,46,52)(H,48,53)/b21-16+/t31-,32-,40?/m1/s1. The molecule has 4 aromatic rings. The predicted octanol–water partition coefficient (Wildman–Crippen LogP) is 4.08. The highest BCUT2D eigenvalue weighted by atomic mass is 16.4. The van der Waals surface area contributed by atoms with E-state index in [0.29, 0.717) is 55.3 Å². The van der Waals surface area contributed by atoms with Gasteiger partial charge in [0.05, 0.1) is 0 Å². The van der Waals surface area contributed by atoms with E-state index >= 15 is 0 Å². The number of amides is 5. The lowest BCUT2D eigenvalue weighted by Crippen LogP contribution is -2.61. The Labute approximate surface area is 319 Å². The van der Waals surface area contributed by atoms with Gasteiger partial charge in [-0.3, -0.25) is 29.0 Å². The van der Waals surface area contributed by atoms with Gasteiger partial charge in [-0.05, 0) is 99.6 Å². The fourth-order valence-electron chi connectivity index (χ4n) is 5.71. The summed E-state index contributed by atoms with van der Waals surface area (Å²) in [5.74, 6) is -2.82. The number of oxazole rings is 1. The van der Waals surface area contributed by atoms with Gasteiger partial charge in [0, 0.05) is 42.7 Å². The Hall–Kier alpha value is -6.38. The van der Waals surface area contributed by atoms with E-state index < -0.39 is 41.3 Å². The Kier molecular flexibility index (Phi) is 15.6. The van der Waals surface area contributed by atoms with Crippen LogP contribution in [0.5, 0.6) is 0 Å². The van der Waals surface area contributed by atoms with E-state index in [1.165, 1.54) is 13.0 Å². The molecule has 0 fully saturated rings. The molecule has 290 valence electrons. The largest absolute Gasteiger partial charge is 0.423 e. The SMILES string of the molecule is CCCC(C)(NC(=O)[C@@H](CCCC=O)NC(=O)[C@@H](CCCCNC(=O)/C=C/c1cccnc1)NC(=O)c1ccc(Nc2nc3ccccc3o2)cc1)C(N)=O. The van der Waals surface area contributed by atoms with Crippen molar-refractivity contribution in [2.24, 2.45) is 5.73 Å². The maximum absolute atomic E-state index is 13.8. The molecule has 7 N–H and O–H groups in total. The van der Waals surface area contributed by atoms with Crippen LogP contribution in [-0.2, 0) is 24.0 Å². The number of rotatable bonds is 22. The van der Waals surface area contributed by atoms with Crippen LogP contribution in [-0.4, -0.2) is 70.0 Å². The maximum Gasteiger partial charge on any atom is 0.300 e. The van der Waals surface area contributed by atoms with Crippen molar-refractivity contribution in [1.29, 1.82) is 0 Å². The zero-order valence-corrected chi connectivity index (χ0v) is 31.0. The first-order valence-corrected chi connectivity index (χ1v) is 18.3. The lowest BCUT2D eigenvalue weighted by molar-refractivity contribution is -0.134. The first-order chi connectivity index (χ1) is 26.5. The molecule has 0 aliphatic rings. The third-order valence-electron chi connectivity index (χ3n) is 8.79. The van der Waals surface area contributed by atoms with Crippen LogP contribution in [0.25, 0.3) is 17.2 Å². The molecule has 0 saturated carbocycles. The third-order valence-corrected chi connectivity index (χ3v) is 8.79. The van der Waals surface area contributed by atoms with Crippen molar-refractivity contribution in [1.82, 2.24) is 31.2 Å². The number of fused-ring (bicyclic) bond motifs is 1. The molecule has 0 aliphatic carbocycles. The van der Waals surface area contributed by atoms with E-state index in [9.17, 15) is 28.8 Å². The molecule has 55 heavy (non-hydrogen) atoms. The Balaban J connectivity index is 1.43. The van der Waals surface area contributed by atoms with Gasteiger partial charge in [-0.1, -0.05) is 31.5 Å². The molecule has 0 bridgehead atoms.